The zero-order valence-corrected chi connectivity index (χ0v) is 15.4. The van der Waals surface area contributed by atoms with Gasteiger partial charge in [0.25, 0.3) is 0 Å². The van der Waals surface area contributed by atoms with Crippen molar-refractivity contribution in [3.8, 4) is 0 Å². The first kappa shape index (κ1) is 18.4. The van der Waals surface area contributed by atoms with Gasteiger partial charge >= 0.3 is 0 Å². The SMILES string of the molecule is CCCN1CC(C(=O)N2CCN(C(=O)Cc3ccccc3)CC2)CC1=O. The second-order valence-corrected chi connectivity index (χ2v) is 7.11. The van der Waals surface area contributed by atoms with Gasteiger partial charge in [-0.05, 0) is 12.0 Å². The predicted octanol–water partition coefficient (Wildman–Crippen LogP) is 1.16. The molecule has 0 radical (unpaired) electrons. The van der Waals surface area contributed by atoms with Gasteiger partial charge in [0.15, 0.2) is 0 Å². The molecular formula is C20H27N3O3. The Bertz CT molecular complexity index is 654. The standard InChI is InChI=1S/C20H27N3O3/c1-2-8-23-15-17(14-19(23)25)20(26)22-11-9-21(10-12-22)18(24)13-16-6-4-3-5-7-16/h3-7,17H,2,8-15H2,1H3. The number of hydrogen-bond donors (Lipinski definition) is 0. The maximum atomic E-state index is 12.7. The first-order valence-corrected chi connectivity index (χ1v) is 9.46. The normalized spacial score (nSPS) is 20.6. The van der Waals surface area contributed by atoms with Crippen LogP contribution in [0, 0.1) is 5.92 Å². The maximum Gasteiger partial charge on any atom is 0.228 e. The molecule has 0 spiro atoms. The number of hydrogen-bond acceptors (Lipinski definition) is 3. The van der Waals surface area contributed by atoms with Crippen LogP contribution in [0.3, 0.4) is 0 Å². The van der Waals surface area contributed by atoms with Crippen LogP contribution in [-0.2, 0) is 20.8 Å². The molecule has 0 saturated carbocycles. The molecule has 1 aromatic carbocycles. The van der Waals surface area contributed by atoms with E-state index in [4.69, 9.17) is 0 Å². The van der Waals surface area contributed by atoms with E-state index in [1.807, 2.05) is 47.1 Å². The van der Waals surface area contributed by atoms with Gasteiger partial charge in [-0.25, -0.2) is 0 Å². The molecule has 3 amide bonds. The number of carbonyl (C=O) groups is 3. The van der Waals surface area contributed by atoms with Crippen LogP contribution in [0.1, 0.15) is 25.3 Å². The lowest BCUT2D eigenvalue weighted by molar-refractivity contribution is -0.141. The smallest absolute Gasteiger partial charge is 0.228 e. The van der Waals surface area contributed by atoms with Crippen LogP contribution >= 0.6 is 0 Å². The lowest BCUT2D eigenvalue weighted by Gasteiger charge is -2.36. The predicted molar refractivity (Wildman–Crippen MR) is 98.3 cm³/mol. The van der Waals surface area contributed by atoms with Gasteiger partial charge < -0.3 is 14.7 Å². The van der Waals surface area contributed by atoms with Crippen molar-refractivity contribution in [2.45, 2.75) is 26.2 Å². The fourth-order valence-electron chi connectivity index (χ4n) is 3.74. The topological polar surface area (TPSA) is 60.9 Å². The molecule has 2 heterocycles. The van der Waals surface area contributed by atoms with Crippen LogP contribution in [-0.4, -0.2) is 71.7 Å². The van der Waals surface area contributed by atoms with Gasteiger partial charge in [-0.3, -0.25) is 14.4 Å². The third-order valence-corrected chi connectivity index (χ3v) is 5.20. The largest absolute Gasteiger partial charge is 0.342 e. The van der Waals surface area contributed by atoms with Crippen molar-refractivity contribution in [1.29, 1.82) is 0 Å². The van der Waals surface area contributed by atoms with Gasteiger partial charge in [0, 0.05) is 45.7 Å². The second kappa shape index (κ2) is 8.34. The minimum Gasteiger partial charge on any atom is -0.342 e. The van der Waals surface area contributed by atoms with Crippen molar-refractivity contribution in [3.05, 3.63) is 35.9 Å². The lowest BCUT2D eigenvalue weighted by Crippen LogP contribution is -2.52. The summed E-state index contributed by atoms with van der Waals surface area (Å²) >= 11 is 0. The summed E-state index contributed by atoms with van der Waals surface area (Å²) in [5, 5.41) is 0. The van der Waals surface area contributed by atoms with Gasteiger partial charge in [-0.1, -0.05) is 37.3 Å². The van der Waals surface area contributed by atoms with Gasteiger partial charge in [0.2, 0.25) is 17.7 Å². The maximum absolute atomic E-state index is 12.7. The molecule has 0 bridgehead atoms. The minimum absolute atomic E-state index is 0.0621. The third-order valence-electron chi connectivity index (χ3n) is 5.20. The average Bonchev–Trinajstić information content (AvgIpc) is 3.03. The van der Waals surface area contributed by atoms with E-state index in [0.29, 0.717) is 45.6 Å². The highest BCUT2D eigenvalue weighted by Crippen LogP contribution is 2.21. The molecule has 2 fully saturated rings. The van der Waals surface area contributed by atoms with Crippen molar-refractivity contribution in [2.75, 3.05) is 39.3 Å². The number of nitrogens with zero attached hydrogens (tertiary/aromatic N) is 3. The van der Waals surface area contributed by atoms with E-state index in [0.717, 1.165) is 18.5 Å². The number of carbonyl (C=O) groups excluding carboxylic acids is 3. The van der Waals surface area contributed by atoms with E-state index in [9.17, 15) is 14.4 Å². The van der Waals surface area contributed by atoms with E-state index in [1.165, 1.54) is 0 Å². The molecule has 2 aliphatic rings. The number of likely N-dealkylation sites (tertiary alicyclic amines) is 1. The van der Waals surface area contributed by atoms with E-state index in [1.54, 1.807) is 4.90 Å². The summed E-state index contributed by atoms with van der Waals surface area (Å²) in [6.45, 7) is 5.54. The summed E-state index contributed by atoms with van der Waals surface area (Å²) < 4.78 is 0. The number of piperazine rings is 1. The van der Waals surface area contributed by atoms with Crippen LogP contribution in [0.4, 0.5) is 0 Å². The highest BCUT2D eigenvalue weighted by atomic mass is 16.2. The van der Waals surface area contributed by atoms with E-state index in [2.05, 4.69) is 0 Å². The van der Waals surface area contributed by atoms with Crippen molar-refractivity contribution in [3.63, 3.8) is 0 Å². The van der Waals surface area contributed by atoms with Gasteiger partial charge in [0.1, 0.15) is 0 Å². The van der Waals surface area contributed by atoms with Crippen LogP contribution in [0.2, 0.25) is 0 Å². The lowest BCUT2D eigenvalue weighted by atomic mass is 10.1. The molecule has 6 nitrogen and oxygen atoms in total. The Hall–Kier alpha value is -2.37. The Labute approximate surface area is 154 Å². The Morgan fingerprint density at radius 2 is 1.69 bits per heavy atom. The fourth-order valence-corrected chi connectivity index (χ4v) is 3.74. The molecule has 3 rings (SSSR count). The molecule has 0 aliphatic carbocycles. The highest BCUT2D eigenvalue weighted by molar-refractivity contribution is 5.89. The molecule has 2 aliphatic heterocycles. The molecular weight excluding hydrogens is 330 g/mol. The quantitative estimate of drug-likeness (QED) is 0.794. The minimum atomic E-state index is -0.222. The van der Waals surface area contributed by atoms with Crippen LogP contribution in [0.15, 0.2) is 30.3 Å². The number of benzene rings is 1. The molecule has 0 N–H and O–H groups in total. The van der Waals surface area contributed by atoms with E-state index >= 15 is 0 Å². The second-order valence-electron chi connectivity index (χ2n) is 7.11. The monoisotopic (exact) mass is 357 g/mol. The zero-order valence-electron chi connectivity index (χ0n) is 15.4. The summed E-state index contributed by atoms with van der Waals surface area (Å²) in [7, 11) is 0. The summed E-state index contributed by atoms with van der Waals surface area (Å²) in [4.78, 5) is 42.6. The summed E-state index contributed by atoms with van der Waals surface area (Å²) in [5.74, 6) is 0.0306. The van der Waals surface area contributed by atoms with Gasteiger partial charge in [0.05, 0.1) is 12.3 Å². The molecule has 140 valence electrons. The van der Waals surface area contributed by atoms with E-state index < -0.39 is 0 Å². The van der Waals surface area contributed by atoms with Crippen molar-refractivity contribution in [2.24, 2.45) is 5.92 Å². The van der Waals surface area contributed by atoms with Gasteiger partial charge in [-0.15, -0.1) is 0 Å². The van der Waals surface area contributed by atoms with Crippen molar-refractivity contribution in [1.82, 2.24) is 14.7 Å². The van der Waals surface area contributed by atoms with Crippen LogP contribution < -0.4 is 0 Å². The fraction of sp³-hybridized carbons (Fsp3) is 0.550. The van der Waals surface area contributed by atoms with Crippen LogP contribution in [0.5, 0.6) is 0 Å². The number of amides is 3. The Morgan fingerprint density at radius 1 is 1.04 bits per heavy atom. The first-order chi connectivity index (χ1) is 12.6. The molecule has 0 aromatic heterocycles. The highest BCUT2D eigenvalue weighted by Gasteiger charge is 2.37. The Balaban J connectivity index is 1.48. The summed E-state index contributed by atoms with van der Waals surface area (Å²) in [5.41, 5.74) is 1.01. The third kappa shape index (κ3) is 4.23. The Kier molecular flexibility index (Phi) is 5.91. The van der Waals surface area contributed by atoms with Crippen LogP contribution in [0.25, 0.3) is 0 Å². The molecule has 1 atom stereocenters. The molecule has 1 unspecified atom stereocenters. The van der Waals surface area contributed by atoms with E-state index in [-0.39, 0.29) is 23.6 Å². The first-order valence-electron chi connectivity index (χ1n) is 9.46. The Morgan fingerprint density at radius 3 is 2.35 bits per heavy atom. The zero-order chi connectivity index (χ0) is 18.5. The molecule has 6 heteroatoms. The molecule has 2 saturated heterocycles. The molecule has 1 aromatic rings. The molecule has 26 heavy (non-hydrogen) atoms. The summed E-state index contributed by atoms with van der Waals surface area (Å²) in [6, 6.07) is 9.72. The number of rotatable bonds is 5. The summed E-state index contributed by atoms with van der Waals surface area (Å²) in [6.07, 6.45) is 1.64. The average molecular weight is 357 g/mol. The van der Waals surface area contributed by atoms with Crippen molar-refractivity contribution >= 4 is 17.7 Å². The van der Waals surface area contributed by atoms with Crippen molar-refractivity contribution < 1.29 is 14.4 Å². The van der Waals surface area contributed by atoms with Gasteiger partial charge in [-0.2, -0.15) is 0 Å².